The van der Waals surface area contributed by atoms with Gasteiger partial charge in [0, 0.05) is 61.4 Å². The second kappa shape index (κ2) is 18.8. The number of thioether (sulfide) groups is 1. The molecule has 0 saturated heterocycles. The van der Waals surface area contributed by atoms with Crippen molar-refractivity contribution in [3.05, 3.63) is 142 Å². The molecule has 2 heterocycles. The Labute approximate surface area is 404 Å². The molecule has 15 nitrogen and oxygen atoms in total. The summed E-state index contributed by atoms with van der Waals surface area (Å²) in [5.74, 6) is -1.05. The van der Waals surface area contributed by atoms with E-state index >= 15 is 0 Å². The van der Waals surface area contributed by atoms with Crippen molar-refractivity contribution in [2.75, 3.05) is 35.2 Å². The van der Waals surface area contributed by atoms with Gasteiger partial charge in [-0.15, -0.1) is 4.33 Å². The van der Waals surface area contributed by atoms with Crippen molar-refractivity contribution in [2.24, 2.45) is 0 Å². The Morgan fingerprint density at radius 2 is 1.41 bits per heavy atom. The molecule has 0 radical (unpaired) electrons. The van der Waals surface area contributed by atoms with Crippen molar-refractivity contribution in [3.8, 4) is 0 Å². The van der Waals surface area contributed by atoms with Crippen LogP contribution in [0, 0.1) is 0 Å². The first-order valence-electron chi connectivity index (χ1n) is 21.4. The maximum Gasteiger partial charge on any atom is 0.294 e. The molecular formula is C48H50N3O12S5+. The molecule has 358 valence electrons. The van der Waals surface area contributed by atoms with Gasteiger partial charge >= 0.3 is 0 Å². The van der Waals surface area contributed by atoms with E-state index in [1.54, 1.807) is 30.0 Å². The van der Waals surface area contributed by atoms with Gasteiger partial charge in [-0.1, -0.05) is 61.0 Å². The predicted molar refractivity (Wildman–Crippen MR) is 267 cm³/mol. The minimum atomic E-state index is -4.48. The predicted octanol–water partition coefficient (Wildman–Crippen LogP) is 9.80. The molecule has 5 aromatic carbocycles. The summed E-state index contributed by atoms with van der Waals surface area (Å²) in [6.45, 7) is 8.08. The fourth-order valence-corrected chi connectivity index (χ4v) is 12.5. The van der Waals surface area contributed by atoms with Gasteiger partial charge in [0.15, 0.2) is 12.3 Å². The molecule has 0 atom stereocenters. The third kappa shape index (κ3) is 10.2. The smallest absolute Gasteiger partial charge is 0.294 e. The fraction of sp³-hybridized carbons (Fsp3) is 0.271. The standard InChI is InChI=1S/C48H49N3O12S5/c1-47(2)42(50(24-26-66(53,54)55)40-20-8-32-28-36(65-63-62-52)16-18-38(32)44(40)47)22-10-30-6-5-7-31(46(30)64-35-14-12-34(49)13-15-35)11-23-43-48(3,4)45-39-19-17-37(68(59,60)61)29-33(39)9-21-41(45)51(43)25-27-67(56,57)58/h8-23,28-29H,5-7,24-27,49H2,1-4H3,(H3-,52,53,54,55,56,57,58,59,60,61)/p+1. The Balaban J connectivity index is 1.26. The van der Waals surface area contributed by atoms with Crippen LogP contribution in [0.5, 0.6) is 0 Å². The number of allylic oxidation sites excluding steroid dienone is 7. The van der Waals surface area contributed by atoms with E-state index in [2.05, 4.69) is 29.3 Å². The Hall–Kier alpha value is -4.84. The summed E-state index contributed by atoms with van der Waals surface area (Å²) in [5.41, 5.74) is 12.2. The van der Waals surface area contributed by atoms with Crippen LogP contribution < -0.4 is 10.6 Å². The van der Waals surface area contributed by atoms with Gasteiger partial charge in [0.05, 0.1) is 28.1 Å². The molecule has 2 aliphatic heterocycles. The molecule has 6 N–H and O–H groups in total. The van der Waals surface area contributed by atoms with Crippen molar-refractivity contribution >= 4 is 98.5 Å². The van der Waals surface area contributed by atoms with E-state index in [-0.39, 0.29) is 18.0 Å². The zero-order valence-electron chi connectivity index (χ0n) is 37.4. The van der Waals surface area contributed by atoms with Gasteiger partial charge in [-0.05, 0) is 138 Å². The molecule has 0 spiro atoms. The molecule has 8 rings (SSSR count). The van der Waals surface area contributed by atoms with Crippen LogP contribution in [-0.2, 0) is 50.6 Å². The highest BCUT2D eigenvalue weighted by molar-refractivity contribution is 8.03. The van der Waals surface area contributed by atoms with Crippen molar-refractivity contribution in [1.29, 1.82) is 0 Å². The average molecular weight is 1020 g/mol. The quantitative estimate of drug-likeness (QED) is 0.0164. The Morgan fingerprint density at radius 1 is 0.750 bits per heavy atom. The number of rotatable bonds is 15. The van der Waals surface area contributed by atoms with Crippen LogP contribution in [0.2, 0.25) is 0 Å². The van der Waals surface area contributed by atoms with Gasteiger partial charge in [-0.25, -0.2) is 5.26 Å². The molecular weight excluding hydrogens is 971 g/mol. The van der Waals surface area contributed by atoms with E-state index in [1.807, 2.05) is 96.1 Å². The van der Waals surface area contributed by atoms with Crippen molar-refractivity contribution in [3.63, 3.8) is 0 Å². The second-order valence-corrected chi connectivity index (χ2v) is 24.3. The maximum atomic E-state index is 12.2. The van der Waals surface area contributed by atoms with Gasteiger partial charge < -0.3 is 10.6 Å². The molecule has 3 aliphatic rings. The van der Waals surface area contributed by atoms with Gasteiger partial charge in [-0.3, -0.25) is 13.7 Å². The summed E-state index contributed by atoms with van der Waals surface area (Å²) < 4.78 is 109. The first-order valence-corrected chi connectivity index (χ1v) is 27.6. The van der Waals surface area contributed by atoms with E-state index in [0.29, 0.717) is 34.5 Å². The number of anilines is 2. The summed E-state index contributed by atoms with van der Waals surface area (Å²) in [7, 11) is -13.2. The van der Waals surface area contributed by atoms with Crippen LogP contribution >= 0.6 is 23.8 Å². The first kappa shape index (κ1) is 49.6. The minimum Gasteiger partial charge on any atom is -0.399 e. The summed E-state index contributed by atoms with van der Waals surface area (Å²) in [6, 6.07) is 25.0. The average Bonchev–Trinajstić information content (AvgIpc) is 3.63. The lowest BCUT2D eigenvalue weighted by atomic mass is 9.78. The fourth-order valence-electron chi connectivity index (χ4n) is 9.67. The van der Waals surface area contributed by atoms with Gasteiger partial charge in [-0.2, -0.15) is 29.8 Å². The molecule has 1 aliphatic carbocycles. The lowest BCUT2D eigenvalue weighted by molar-refractivity contribution is -0.432. The molecule has 0 bridgehead atoms. The van der Waals surface area contributed by atoms with Gasteiger partial charge in [0.2, 0.25) is 5.69 Å². The Bertz CT molecular complexity index is 3380. The maximum absolute atomic E-state index is 12.2. The lowest BCUT2D eigenvalue weighted by Gasteiger charge is -2.27. The summed E-state index contributed by atoms with van der Waals surface area (Å²) in [4.78, 5) is 4.23. The number of benzene rings is 5. The molecule has 5 aromatic rings. The third-order valence-corrected chi connectivity index (χ3v) is 16.8. The van der Waals surface area contributed by atoms with E-state index in [4.69, 9.17) is 11.0 Å². The van der Waals surface area contributed by atoms with E-state index in [1.165, 1.54) is 12.1 Å². The zero-order valence-corrected chi connectivity index (χ0v) is 41.5. The third-order valence-electron chi connectivity index (χ3n) is 12.7. The summed E-state index contributed by atoms with van der Waals surface area (Å²) in [6.07, 6.45) is 10.3. The van der Waals surface area contributed by atoms with Crippen LogP contribution in [-0.4, -0.2) is 79.1 Å². The Kier molecular flexibility index (Phi) is 13.7. The highest BCUT2D eigenvalue weighted by atomic mass is 32.2. The van der Waals surface area contributed by atoms with Gasteiger partial charge in [0.25, 0.3) is 30.4 Å². The SMILES string of the molecule is CC1(C)C(/C=C/C2=C(Sc3ccc(N)cc3)C(=C/C=C3/N(CCS(=O)(=O)O)c4ccc5cc(S(=O)(=O)O)ccc5c4C3(C)C)CCC2)=[N+](CCS(=O)(=O)O)c2ccc3cc(SOOO)ccc3c21. The molecule has 0 unspecified atom stereocenters. The minimum absolute atomic E-state index is 0.00981. The molecule has 68 heavy (non-hydrogen) atoms. The summed E-state index contributed by atoms with van der Waals surface area (Å²) in [5, 5.41) is 15.6. The highest BCUT2D eigenvalue weighted by Gasteiger charge is 2.46. The van der Waals surface area contributed by atoms with E-state index in [0.717, 1.165) is 83.8 Å². The molecule has 0 fully saturated rings. The number of fused-ring (bicyclic) bond motifs is 6. The van der Waals surface area contributed by atoms with Crippen LogP contribution in [0.25, 0.3) is 21.5 Å². The summed E-state index contributed by atoms with van der Waals surface area (Å²) >= 11 is 2.42. The first-order chi connectivity index (χ1) is 32.0. The van der Waals surface area contributed by atoms with Crippen LogP contribution in [0.15, 0.2) is 146 Å². The lowest BCUT2D eigenvalue weighted by Crippen LogP contribution is -2.30. The van der Waals surface area contributed by atoms with Gasteiger partial charge in [0.1, 0.15) is 5.75 Å². The van der Waals surface area contributed by atoms with Crippen molar-refractivity contribution in [1.82, 2.24) is 0 Å². The molecule has 20 heteroatoms. The topological polar surface area (TPSA) is 234 Å². The van der Waals surface area contributed by atoms with Crippen molar-refractivity contribution < 1.29 is 58.1 Å². The zero-order chi connectivity index (χ0) is 49.0. The normalized spacial score (nSPS) is 18.5. The van der Waals surface area contributed by atoms with E-state index < -0.39 is 52.7 Å². The van der Waals surface area contributed by atoms with Crippen LogP contribution in [0.4, 0.5) is 17.1 Å². The number of nitrogens with two attached hydrogens (primary N) is 1. The molecule has 0 saturated carbocycles. The van der Waals surface area contributed by atoms with Crippen LogP contribution in [0.1, 0.15) is 58.1 Å². The van der Waals surface area contributed by atoms with Crippen LogP contribution in [0.3, 0.4) is 0 Å². The largest absolute Gasteiger partial charge is 0.399 e. The number of nitrogens with zero attached hydrogens (tertiary/aromatic N) is 2. The van der Waals surface area contributed by atoms with E-state index in [9.17, 15) is 38.9 Å². The second-order valence-electron chi connectivity index (χ2n) is 17.9. The number of hydrogen-bond acceptors (Lipinski definition) is 13. The Morgan fingerprint density at radius 3 is 2.10 bits per heavy atom. The number of hydrogen-bond donors (Lipinski definition) is 5. The van der Waals surface area contributed by atoms with Crippen molar-refractivity contribution in [2.45, 2.75) is 72.5 Å². The molecule has 0 aromatic heterocycles. The monoisotopic (exact) mass is 1020 g/mol. The number of nitrogen functional groups attached to an aromatic ring is 1. The molecule has 0 amide bonds. The highest BCUT2D eigenvalue weighted by Crippen LogP contribution is 2.52.